The van der Waals surface area contributed by atoms with Crippen molar-refractivity contribution in [1.29, 1.82) is 0 Å². The van der Waals surface area contributed by atoms with E-state index in [0.29, 0.717) is 12.1 Å². The van der Waals surface area contributed by atoms with Crippen LogP contribution in [-0.4, -0.2) is 54.8 Å². The molecular weight excluding hydrogens is 184 g/mol. The summed E-state index contributed by atoms with van der Waals surface area (Å²) in [6.45, 7) is 3.91. The molecule has 2 fully saturated rings. The van der Waals surface area contributed by atoms with Crippen molar-refractivity contribution in [3.05, 3.63) is 0 Å². The second-order valence-corrected chi connectivity index (χ2v) is 4.89. The Kier molecular flexibility index (Phi) is 3.49. The minimum absolute atomic E-state index is 0.692. The van der Waals surface area contributed by atoms with E-state index in [1.807, 2.05) is 0 Å². The lowest BCUT2D eigenvalue weighted by molar-refractivity contribution is -0.0760. The van der Waals surface area contributed by atoms with Crippen molar-refractivity contribution in [2.45, 2.75) is 18.5 Å². The number of nitrogens with zero attached hydrogens (tertiary/aromatic N) is 1. The molecule has 2 heterocycles. The normalized spacial score (nSPS) is 31.6. The summed E-state index contributed by atoms with van der Waals surface area (Å²) < 4.78 is 5.23. The predicted octanol–water partition coefficient (Wildman–Crippen LogP) is 0.151. The summed E-state index contributed by atoms with van der Waals surface area (Å²) in [5, 5.41) is 0. The Bertz CT molecular complexity index is 162. The van der Waals surface area contributed by atoms with Crippen LogP contribution in [-0.2, 0) is 4.74 Å². The van der Waals surface area contributed by atoms with Gasteiger partial charge in [-0.2, -0.15) is 11.8 Å². The third-order valence-corrected chi connectivity index (χ3v) is 3.95. The Balaban J connectivity index is 1.87. The highest BCUT2D eigenvalue weighted by atomic mass is 32.2. The third kappa shape index (κ3) is 2.18. The molecule has 76 valence electrons. The fourth-order valence-corrected chi connectivity index (χ4v) is 3.14. The van der Waals surface area contributed by atoms with Gasteiger partial charge in [0.15, 0.2) is 0 Å². The first-order chi connectivity index (χ1) is 6.42. The van der Waals surface area contributed by atoms with Crippen LogP contribution in [0.2, 0.25) is 0 Å². The number of nitrogens with two attached hydrogens (primary N) is 1. The van der Waals surface area contributed by atoms with E-state index in [0.717, 1.165) is 26.2 Å². The lowest BCUT2D eigenvalue weighted by Crippen LogP contribution is -2.56. The largest absolute Gasteiger partial charge is 0.378 e. The Morgan fingerprint density at radius 2 is 2.31 bits per heavy atom. The Hall–Kier alpha value is 0.230. The molecule has 4 heteroatoms. The highest BCUT2D eigenvalue weighted by Gasteiger charge is 2.32. The van der Waals surface area contributed by atoms with Crippen LogP contribution in [0.1, 0.15) is 6.42 Å². The molecule has 0 aromatic heterocycles. The molecule has 0 bridgehead atoms. The maximum atomic E-state index is 5.61. The zero-order chi connectivity index (χ0) is 9.10. The molecule has 1 atom stereocenters. The quantitative estimate of drug-likeness (QED) is 0.707. The summed E-state index contributed by atoms with van der Waals surface area (Å²) >= 11 is 2.06. The molecule has 1 unspecified atom stereocenters. The molecule has 0 amide bonds. The molecule has 13 heavy (non-hydrogen) atoms. The standard InChI is InChI=1S/C9H18N2OS/c10-2-1-8-7-13-4-3-11(8)9-5-12-6-9/h8-9H,1-7,10H2. The van der Waals surface area contributed by atoms with Crippen LogP contribution >= 0.6 is 11.8 Å². The van der Waals surface area contributed by atoms with Crippen molar-refractivity contribution < 1.29 is 4.74 Å². The van der Waals surface area contributed by atoms with E-state index in [2.05, 4.69) is 16.7 Å². The van der Waals surface area contributed by atoms with Crippen molar-refractivity contribution in [2.24, 2.45) is 5.73 Å². The minimum Gasteiger partial charge on any atom is -0.378 e. The molecule has 2 aliphatic heterocycles. The number of hydrogen-bond donors (Lipinski definition) is 1. The van der Waals surface area contributed by atoms with E-state index in [9.17, 15) is 0 Å². The van der Waals surface area contributed by atoms with Gasteiger partial charge in [0.2, 0.25) is 0 Å². The van der Waals surface area contributed by atoms with Gasteiger partial charge in [-0.3, -0.25) is 4.90 Å². The summed E-state index contributed by atoms with van der Waals surface area (Å²) in [4.78, 5) is 2.60. The lowest BCUT2D eigenvalue weighted by atomic mass is 10.1. The van der Waals surface area contributed by atoms with Crippen LogP contribution in [0, 0.1) is 0 Å². The molecular formula is C9H18N2OS. The summed E-state index contributed by atoms with van der Waals surface area (Å²) in [7, 11) is 0. The van der Waals surface area contributed by atoms with Crippen LogP contribution in [0.25, 0.3) is 0 Å². The minimum atomic E-state index is 0.692. The number of rotatable bonds is 3. The maximum absolute atomic E-state index is 5.61. The van der Waals surface area contributed by atoms with Crippen molar-refractivity contribution in [1.82, 2.24) is 4.90 Å². The zero-order valence-electron chi connectivity index (χ0n) is 7.95. The summed E-state index contributed by atoms with van der Waals surface area (Å²) in [5.74, 6) is 2.53. The third-order valence-electron chi connectivity index (χ3n) is 2.86. The van der Waals surface area contributed by atoms with E-state index in [1.165, 1.54) is 18.1 Å². The Labute approximate surface area is 84.0 Å². The SMILES string of the molecule is NCCC1CSCCN1C1COC1. The first-order valence-electron chi connectivity index (χ1n) is 5.03. The molecule has 2 N–H and O–H groups in total. The van der Waals surface area contributed by atoms with Crippen LogP contribution in [0.15, 0.2) is 0 Å². The van der Waals surface area contributed by atoms with Gasteiger partial charge in [0, 0.05) is 24.1 Å². The molecule has 0 radical (unpaired) electrons. The molecule has 0 saturated carbocycles. The van der Waals surface area contributed by atoms with Crippen LogP contribution in [0.4, 0.5) is 0 Å². The van der Waals surface area contributed by atoms with Gasteiger partial charge >= 0.3 is 0 Å². The zero-order valence-corrected chi connectivity index (χ0v) is 8.76. The fraction of sp³-hybridized carbons (Fsp3) is 1.00. The average molecular weight is 202 g/mol. The molecule has 2 aliphatic rings. The smallest absolute Gasteiger partial charge is 0.0645 e. The monoisotopic (exact) mass is 202 g/mol. The second-order valence-electron chi connectivity index (χ2n) is 3.74. The molecule has 0 aliphatic carbocycles. The van der Waals surface area contributed by atoms with Crippen molar-refractivity contribution >= 4 is 11.8 Å². The molecule has 2 rings (SSSR count). The topological polar surface area (TPSA) is 38.5 Å². The molecule has 0 spiro atoms. The van der Waals surface area contributed by atoms with E-state index in [1.54, 1.807) is 0 Å². The molecule has 0 aromatic carbocycles. The van der Waals surface area contributed by atoms with Gasteiger partial charge in [-0.15, -0.1) is 0 Å². The highest BCUT2D eigenvalue weighted by molar-refractivity contribution is 7.99. The van der Waals surface area contributed by atoms with E-state index in [4.69, 9.17) is 10.5 Å². The van der Waals surface area contributed by atoms with Crippen molar-refractivity contribution in [3.8, 4) is 0 Å². The van der Waals surface area contributed by atoms with Gasteiger partial charge < -0.3 is 10.5 Å². The Morgan fingerprint density at radius 3 is 2.92 bits per heavy atom. The predicted molar refractivity (Wildman–Crippen MR) is 56.1 cm³/mol. The van der Waals surface area contributed by atoms with E-state index in [-0.39, 0.29) is 0 Å². The van der Waals surface area contributed by atoms with Gasteiger partial charge in [-0.1, -0.05) is 0 Å². The number of thioether (sulfide) groups is 1. The first kappa shape index (κ1) is 9.77. The molecule has 3 nitrogen and oxygen atoms in total. The van der Waals surface area contributed by atoms with E-state index < -0.39 is 0 Å². The first-order valence-corrected chi connectivity index (χ1v) is 6.18. The number of hydrogen-bond acceptors (Lipinski definition) is 4. The maximum Gasteiger partial charge on any atom is 0.0645 e. The van der Waals surface area contributed by atoms with E-state index >= 15 is 0 Å². The lowest BCUT2D eigenvalue weighted by Gasteiger charge is -2.44. The highest BCUT2D eigenvalue weighted by Crippen LogP contribution is 2.23. The van der Waals surface area contributed by atoms with Gasteiger partial charge in [-0.05, 0) is 13.0 Å². The number of ether oxygens (including phenoxy) is 1. The van der Waals surface area contributed by atoms with Crippen LogP contribution in [0.3, 0.4) is 0 Å². The fourth-order valence-electron chi connectivity index (χ4n) is 2.00. The van der Waals surface area contributed by atoms with Gasteiger partial charge in [0.05, 0.1) is 19.3 Å². The van der Waals surface area contributed by atoms with Crippen molar-refractivity contribution in [2.75, 3.05) is 37.8 Å². The summed E-state index contributed by atoms with van der Waals surface area (Å²) in [6.07, 6.45) is 1.14. The van der Waals surface area contributed by atoms with Gasteiger partial charge in [-0.25, -0.2) is 0 Å². The van der Waals surface area contributed by atoms with Gasteiger partial charge in [0.1, 0.15) is 0 Å². The van der Waals surface area contributed by atoms with Gasteiger partial charge in [0.25, 0.3) is 0 Å². The van der Waals surface area contributed by atoms with Crippen LogP contribution in [0.5, 0.6) is 0 Å². The summed E-state index contributed by atoms with van der Waals surface area (Å²) in [6, 6.07) is 1.40. The molecule has 0 aromatic rings. The average Bonchev–Trinajstić information content (AvgIpc) is 2.05. The summed E-state index contributed by atoms with van der Waals surface area (Å²) in [5.41, 5.74) is 5.61. The molecule has 2 saturated heterocycles. The Morgan fingerprint density at radius 1 is 1.46 bits per heavy atom. The van der Waals surface area contributed by atoms with Crippen LogP contribution < -0.4 is 5.73 Å². The van der Waals surface area contributed by atoms with Crippen molar-refractivity contribution in [3.63, 3.8) is 0 Å². The second kappa shape index (κ2) is 4.64.